The van der Waals surface area contributed by atoms with Crippen LogP contribution < -0.4 is 5.32 Å². The van der Waals surface area contributed by atoms with Gasteiger partial charge in [-0.15, -0.1) is 0 Å². The van der Waals surface area contributed by atoms with E-state index in [0.717, 1.165) is 18.2 Å². The van der Waals surface area contributed by atoms with Crippen molar-refractivity contribution in [2.24, 2.45) is 0 Å². The first-order chi connectivity index (χ1) is 8.43. The molecular formula is C12H9NO5. The fourth-order valence-electron chi connectivity index (χ4n) is 1.22. The van der Waals surface area contributed by atoms with E-state index >= 15 is 0 Å². The molecule has 0 aliphatic rings. The Morgan fingerprint density at radius 2 is 1.56 bits per heavy atom. The summed E-state index contributed by atoms with van der Waals surface area (Å²) in [5.74, 6) is 1.36. The van der Waals surface area contributed by atoms with Crippen LogP contribution in [0, 0.1) is 11.8 Å². The highest BCUT2D eigenvalue weighted by Gasteiger charge is 2.12. The van der Waals surface area contributed by atoms with Crippen molar-refractivity contribution >= 4 is 23.5 Å². The molecule has 18 heavy (non-hydrogen) atoms. The van der Waals surface area contributed by atoms with Crippen molar-refractivity contribution in [3.8, 4) is 11.8 Å². The van der Waals surface area contributed by atoms with Crippen LogP contribution >= 0.6 is 0 Å². The largest absolute Gasteiger partial charge is 0.478 e. The third kappa shape index (κ3) is 3.35. The number of hydrogen-bond donors (Lipinski definition) is 3. The van der Waals surface area contributed by atoms with E-state index in [-0.39, 0.29) is 16.8 Å². The molecule has 1 amide bonds. The van der Waals surface area contributed by atoms with Crippen LogP contribution in [0.15, 0.2) is 18.2 Å². The molecule has 0 atom stereocenters. The first kappa shape index (κ1) is 13.3. The number of carbonyl (C=O) groups is 3. The van der Waals surface area contributed by atoms with E-state index in [1.807, 2.05) is 0 Å². The van der Waals surface area contributed by atoms with Crippen molar-refractivity contribution < 1.29 is 24.6 Å². The van der Waals surface area contributed by atoms with Gasteiger partial charge < -0.3 is 15.5 Å². The second-order valence-electron chi connectivity index (χ2n) is 3.24. The number of carbonyl (C=O) groups excluding carboxylic acids is 1. The van der Waals surface area contributed by atoms with Crippen molar-refractivity contribution in [2.45, 2.75) is 6.92 Å². The Balaban J connectivity index is 3.17. The molecule has 0 spiro atoms. The van der Waals surface area contributed by atoms with E-state index in [4.69, 9.17) is 10.2 Å². The average molecular weight is 247 g/mol. The Labute approximate surface area is 102 Å². The zero-order valence-corrected chi connectivity index (χ0v) is 9.35. The molecule has 0 aliphatic heterocycles. The number of rotatable bonds is 3. The van der Waals surface area contributed by atoms with E-state index in [1.54, 1.807) is 0 Å². The predicted octanol–water partition coefficient (Wildman–Crippen LogP) is 1.04. The maximum Gasteiger partial charge on any atom is 0.335 e. The molecule has 0 unspecified atom stereocenters. The van der Waals surface area contributed by atoms with Crippen LogP contribution in [-0.4, -0.2) is 28.1 Å². The molecule has 1 aromatic rings. The standard InChI is InChI=1S/C12H9NO5/c1-2-3-10(14)13-9-5-7(11(15)16)4-8(6-9)12(17)18/h4-6H,1H3,(H,13,14)(H,15,16)(H,17,18). The summed E-state index contributed by atoms with van der Waals surface area (Å²) >= 11 is 0. The van der Waals surface area contributed by atoms with Gasteiger partial charge in [-0.25, -0.2) is 9.59 Å². The summed E-state index contributed by atoms with van der Waals surface area (Å²) in [6.07, 6.45) is 0. The Kier molecular flexibility index (Phi) is 4.05. The highest BCUT2D eigenvalue weighted by molar-refractivity contribution is 6.05. The Bertz CT molecular complexity index is 548. The molecule has 0 heterocycles. The van der Waals surface area contributed by atoms with Gasteiger partial charge in [-0.1, -0.05) is 5.92 Å². The lowest BCUT2D eigenvalue weighted by molar-refractivity contribution is -0.111. The molecule has 0 aliphatic carbocycles. The van der Waals surface area contributed by atoms with Crippen molar-refractivity contribution in [3.05, 3.63) is 29.3 Å². The minimum Gasteiger partial charge on any atom is -0.478 e. The highest BCUT2D eigenvalue weighted by atomic mass is 16.4. The number of carboxylic acids is 2. The fraction of sp³-hybridized carbons (Fsp3) is 0.0833. The van der Waals surface area contributed by atoms with E-state index in [0.29, 0.717) is 0 Å². The van der Waals surface area contributed by atoms with Crippen LogP contribution in [0.4, 0.5) is 5.69 Å². The van der Waals surface area contributed by atoms with E-state index in [2.05, 4.69) is 17.2 Å². The maximum absolute atomic E-state index is 11.2. The van der Waals surface area contributed by atoms with Gasteiger partial charge in [0.15, 0.2) is 0 Å². The molecule has 0 saturated carbocycles. The molecule has 0 fully saturated rings. The van der Waals surface area contributed by atoms with Crippen molar-refractivity contribution in [3.63, 3.8) is 0 Å². The molecule has 92 valence electrons. The third-order valence-electron chi connectivity index (χ3n) is 1.92. The summed E-state index contributed by atoms with van der Waals surface area (Å²) < 4.78 is 0. The summed E-state index contributed by atoms with van der Waals surface area (Å²) in [7, 11) is 0. The summed E-state index contributed by atoms with van der Waals surface area (Å²) in [6.45, 7) is 1.47. The fourth-order valence-corrected chi connectivity index (χ4v) is 1.22. The molecule has 6 heteroatoms. The van der Waals surface area contributed by atoms with Crippen LogP contribution in [0.1, 0.15) is 27.6 Å². The van der Waals surface area contributed by atoms with Gasteiger partial charge in [-0.2, -0.15) is 0 Å². The van der Waals surface area contributed by atoms with Crippen LogP contribution in [0.5, 0.6) is 0 Å². The van der Waals surface area contributed by atoms with Gasteiger partial charge in [0.1, 0.15) is 0 Å². The van der Waals surface area contributed by atoms with Gasteiger partial charge >= 0.3 is 11.9 Å². The minimum atomic E-state index is -1.28. The van der Waals surface area contributed by atoms with Gasteiger partial charge in [0.2, 0.25) is 0 Å². The molecule has 1 rings (SSSR count). The normalized spacial score (nSPS) is 8.94. The summed E-state index contributed by atoms with van der Waals surface area (Å²) in [4.78, 5) is 32.8. The Morgan fingerprint density at radius 3 is 1.94 bits per heavy atom. The van der Waals surface area contributed by atoms with Gasteiger partial charge in [-0.05, 0) is 31.0 Å². The van der Waals surface area contributed by atoms with Gasteiger partial charge in [0.05, 0.1) is 11.1 Å². The zero-order valence-electron chi connectivity index (χ0n) is 9.35. The molecule has 1 aromatic carbocycles. The number of amides is 1. The number of hydrogen-bond acceptors (Lipinski definition) is 3. The summed E-state index contributed by atoms with van der Waals surface area (Å²) in [5.41, 5.74) is -0.385. The highest BCUT2D eigenvalue weighted by Crippen LogP contribution is 2.15. The lowest BCUT2D eigenvalue weighted by Gasteiger charge is -2.05. The molecule has 0 bridgehead atoms. The number of anilines is 1. The zero-order chi connectivity index (χ0) is 13.7. The molecule has 6 nitrogen and oxygen atoms in total. The number of aromatic carboxylic acids is 2. The number of nitrogens with one attached hydrogen (secondary N) is 1. The third-order valence-corrected chi connectivity index (χ3v) is 1.92. The maximum atomic E-state index is 11.2. The van der Waals surface area contributed by atoms with Crippen LogP contribution in [0.2, 0.25) is 0 Å². The smallest absolute Gasteiger partial charge is 0.335 e. The minimum absolute atomic E-state index is 0.0695. The van der Waals surface area contributed by atoms with Crippen molar-refractivity contribution in [1.82, 2.24) is 0 Å². The van der Waals surface area contributed by atoms with Crippen LogP contribution in [-0.2, 0) is 4.79 Å². The predicted molar refractivity (Wildman–Crippen MR) is 62.4 cm³/mol. The quantitative estimate of drug-likeness (QED) is 0.692. The first-order valence-electron chi connectivity index (χ1n) is 4.79. The topological polar surface area (TPSA) is 104 Å². The van der Waals surface area contributed by atoms with Crippen LogP contribution in [0.3, 0.4) is 0 Å². The van der Waals surface area contributed by atoms with Crippen LogP contribution in [0.25, 0.3) is 0 Å². The van der Waals surface area contributed by atoms with E-state index in [9.17, 15) is 14.4 Å². The van der Waals surface area contributed by atoms with Crippen molar-refractivity contribution in [2.75, 3.05) is 5.32 Å². The molecular weight excluding hydrogens is 238 g/mol. The van der Waals surface area contributed by atoms with Gasteiger partial charge in [0, 0.05) is 5.69 Å². The Morgan fingerprint density at radius 1 is 1.06 bits per heavy atom. The number of carboxylic acid groups (broad SMARTS) is 2. The summed E-state index contributed by atoms with van der Waals surface area (Å²) in [5, 5.41) is 19.9. The molecule has 0 radical (unpaired) electrons. The second kappa shape index (κ2) is 5.50. The van der Waals surface area contributed by atoms with E-state index < -0.39 is 17.8 Å². The SMILES string of the molecule is CC#CC(=O)Nc1cc(C(=O)O)cc(C(=O)O)c1. The molecule has 0 aromatic heterocycles. The second-order valence-corrected chi connectivity index (χ2v) is 3.24. The average Bonchev–Trinajstić information content (AvgIpc) is 2.28. The molecule has 3 N–H and O–H groups in total. The first-order valence-corrected chi connectivity index (χ1v) is 4.79. The lowest BCUT2D eigenvalue weighted by Crippen LogP contribution is -2.11. The molecule has 0 saturated heterocycles. The van der Waals surface area contributed by atoms with E-state index in [1.165, 1.54) is 6.92 Å². The monoisotopic (exact) mass is 247 g/mol. The van der Waals surface area contributed by atoms with Gasteiger partial charge in [0.25, 0.3) is 5.91 Å². The number of benzene rings is 1. The van der Waals surface area contributed by atoms with Crippen molar-refractivity contribution in [1.29, 1.82) is 0 Å². The lowest BCUT2D eigenvalue weighted by atomic mass is 10.1. The Hall–Kier alpha value is -2.81. The summed E-state index contributed by atoms with van der Waals surface area (Å²) in [6, 6.07) is 3.32. The van der Waals surface area contributed by atoms with Gasteiger partial charge in [-0.3, -0.25) is 4.79 Å².